The van der Waals surface area contributed by atoms with Gasteiger partial charge in [-0.25, -0.2) is 13.6 Å². The normalized spacial score (nSPS) is 21.5. The van der Waals surface area contributed by atoms with Gasteiger partial charge in [0.05, 0.1) is 0 Å². The Morgan fingerprint density at radius 1 is 1.17 bits per heavy atom. The fourth-order valence-corrected chi connectivity index (χ4v) is 3.41. The zero-order valence-electron chi connectivity index (χ0n) is 13.2. The van der Waals surface area contributed by atoms with E-state index in [4.69, 9.17) is 0 Å². The number of nitrogens with one attached hydrogen (secondary N) is 1. The molecule has 0 radical (unpaired) electrons. The molecule has 4 nitrogen and oxygen atoms in total. The van der Waals surface area contributed by atoms with E-state index in [1.165, 1.54) is 6.07 Å². The van der Waals surface area contributed by atoms with Crippen molar-refractivity contribution < 1.29 is 13.6 Å². The Hall–Kier alpha value is -1.69. The Labute approximate surface area is 135 Å². The number of carbonyl (C=O) groups is 1. The van der Waals surface area contributed by atoms with Crippen molar-refractivity contribution in [2.24, 2.45) is 5.92 Å². The largest absolute Gasteiger partial charge is 0.336 e. The Bertz CT molecular complexity index is 546. The van der Waals surface area contributed by atoms with Crippen LogP contribution in [-0.2, 0) is 0 Å². The number of amides is 2. The number of nitrogens with zero attached hydrogens (tertiary/aromatic N) is 2. The summed E-state index contributed by atoms with van der Waals surface area (Å²) in [6.45, 7) is 4.60. The quantitative estimate of drug-likeness (QED) is 0.904. The van der Waals surface area contributed by atoms with E-state index >= 15 is 0 Å². The highest BCUT2D eigenvalue weighted by molar-refractivity contribution is 5.76. The summed E-state index contributed by atoms with van der Waals surface area (Å²) >= 11 is 0. The minimum Gasteiger partial charge on any atom is -0.336 e. The third kappa shape index (κ3) is 3.80. The lowest BCUT2D eigenvalue weighted by Crippen LogP contribution is -2.41. The lowest BCUT2D eigenvalue weighted by molar-refractivity contribution is 0.113. The van der Waals surface area contributed by atoms with Gasteiger partial charge in [-0.3, -0.25) is 0 Å². The molecule has 1 aromatic carbocycles. The maximum Gasteiger partial charge on any atom is 0.317 e. The van der Waals surface area contributed by atoms with Gasteiger partial charge >= 0.3 is 6.03 Å². The number of halogens is 2. The molecule has 2 saturated heterocycles. The molecule has 0 spiro atoms. The van der Waals surface area contributed by atoms with Crippen molar-refractivity contribution in [1.29, 1.82) is 0 Å². The summed E-state index contributed by atoms with van der Waals surface area (Å²) in [5.74, 6) is -0.583. The molecule has 1 N–H and O–H groups in total. The molecular formula is C17H23F2N3O. The summed E-state index contributed by atoms with van der Waals surface area (Å²) in [5.41, 5.74) is 0.180. The Kier molecular flexibility index (Phi) is 5.10. The van der Waals surface area contributed by atoms with Crippen molar-refractivity contribution in [3.63, 3.8) is 0 Å². The summed E-state index contributed by atoms with van der Waals surface area (Å²) < 4.78 is 28.3. The molecule has 6 heteroatoms. The Balaban J connectivity index is 1.46. The van der Waals surface area contributed by atoms with Crippen molar-refractivity contribution in [1.82, 2.24) is 15.1 Å². The second-order valence-corrected chi connectivity index (χ2v) is 6.32. The smallest absolute Gasteiger partial charge is 0.317 e. The first kappa shape index (κ1) is 16.2. The zero-order valence-corrected chi connectivity index (χ0v) is 13.2. The molecule has 0 aromatic heterocycles. The highest BCUT2D eigenvalue weighted by Gasteiger charge is 2.29. The van der Waals surface area contributed by atoms with Crippen LogP contribution in [0.4, 0.5) is 13.6 Å². The summed E-state index contributed by atoms with van der Waals surface area (Å²) in [7, 11) is 0. The van der Waals surface area contributed by atoms with Crippen molar-refractivity contribution in [2.45, 2.75) is 19.0 Å². The van der Waals surface area contributed by atoms with E-state index in [0.29, 0.717) is 13.1 Å². The summed E-state index contributed by atoms with van der Waals surface area (Å²) in [6, 6.07) is 6.13. The number of urea groups is 1. The molecule has 2 heterocycles. The van der Waals surface area contributed by atoms with Gasteiger partial charge in [0.1, 0.15) is 12.0 Å². The third-order valence-electron chi connectivity index (χ3n) is 4.88. The second kappa shape index (κ2) is 7.25. The fourth-order valence-electron chi connectivity index (χ4n) is 3.41. The standard InChI is InChI=1S/C17H23F2N3O/c18-15-4-2-1-3-14(15)16(19)13-5-8-21(9-6-13)11-12-22-10-7-20-17(22)23/h1-4,13,16H,5-12H2,(H,20,23). The minimum absolute atomic E-state index is 0.00302. The van der Waals surface area contributed by atoms with Crippen molar-refractivity contribution in [2.75, 3.05) is 39.3 Å². The summed E-state index contributed by atoms with van der Waals surface area (Å²) in [6.07, 6.45) is 0.214. The molecule has 3 rings (SSSR count). The van der Waals surface area contributed by atoms with Crippen molar-refractivity contribution in [3.8, 4) is 0 Å². The van der Waals surface area contributed by atoms with Crippen LogP contribution in [0.3, 0.4) is 0 Å². The number of hydrogen-bond donors (Lipinski definition) is 1. The molecule has 23 heavy (non-hydrogen) atoms. The predicted octanol–water partition coefficient (Wildman–Crippen LogP) is 2.57. The van der Waals surface area contributed by atoms with E-state index in [9.17, 15) is 13.6 Å². The number of carbonyl (C=O) groups excluding carboxylic acids is 1. The van der Waals surface area contributed by atoms with E-state index < -0.39 is 12.0 Å². The van der Waals surface area contributed by atoms with Crippen LogP contribution in [0, 0.1) is 11.7 Å². The van der Waals surface area contributed by atoms with E-state index in [1.54, 1.807) is 18.2 Å². The molecular weight excluding hydrogens is 300 g/mol. The molecule has 126 valence electrons. The number of alkyl halides is 1. The van der Waals surface area contributed by atoms with Gasteiger partial charge in [-0.1, -0.05) is 18.2 Å². The first-order chi connectivity index (χ1) is 11.1. The predicted molar refractivity (Wildman–Crippen MR) is 84.4 cm³/mol. The number of benzene rings is 1. The van der Waals surface area contributed by atoms with Crippen molar-refractivity contribution in [3.05, 3.63) is 35.6 Å². The molecule has 1 aromatic rings. The molecule has 1 atom stereocenters. The minimum atomic E-state index is -1.23. The van der Waals surface area contributed by atoms with Gasteiger partial charge in [0.15, 0.2) is 0 Å². The molecule has 2 amide bonds. The second-order valence-electron chi connectivity index (χ2n) is 6.32. The van der Waals surface area contributed by atoms with Gasteiger partial charge in [0.2, 0.25) is 0 Å². The van der Waals surface area contributed by atoms with Gasteiger partial charge in [-0.2, -0.15) is 0 Å². The van der Waals surface area contributed by atoms with Crippen LogP contribution in [0.2, 0.25) is 0 Å². The lowest BCUT2D eigenvalue weighted by Gasteiger charge is -2.34. The molecule has 2 aliphatic rings. The van der Waals surface area contributed by atoms with E-state index in [2.05, 4.69) is 10.2 Å². The number of hydrogen-bond acceptors (Lipinski definition) is 2. The van der Waals surface area contributed by atoms with Crippen LogP contribution >= 0.6 is 0 Å². The summed E-state index contributed by atoms with van der Waals surface area (Å²) in [5, 5.41) is 2.79. The average molecular weight is 323 g/mol. The first-order valence-corrected chi connectivity index (χ1v) is 8.29. The Morgan fingerprint density at radius 2 is 1.91 bits per heavy atom. The maximum atomic E-state index is 14.6. The maximum absolute atomic E-state index is 14.6. The zero-order chi connectivity index (χ0) is 16.2. The third-order valence-corrected chi connectivity index (χ3v) is 4.88. The topological polar surface area (TPSA) is 35.6 Å². The lowest BCUT2D eigenvalue weighted by atomic mass is 9.88. The molecule has 0 bridgehead atoms. The van der Waals surface area contributed by atoms with Crippen LogP contribution in [0.15, 0.2) is 24.3 Å². The number of rotatable bonds is 5. The Morgan fingerprint density at radius 3 is 2.57 bits per heavy atom. The summed E-state index contributed by atoms with van der Waals surface area (Å²) in [4.78, 5) is 15.6. The van der Waals surface area contributed by atoms with Gasteiger partial charge in [0.25, 0.3) is 0 Å². The van der Waals surface area contributed by atoms with Crippen LogP contribution in [0.5, 0.6) is 0 Å². The molecule has 0 saturated carbocycles. The fraction of sp³-hybridized carbons (Fsp3) is 0.588. The van der Waals surface area contributed by atoms with Crippen molar-refractivity contribution >= 4 is 6.03 Å². The monoisotopic (exact) mass is 323 g/mol. The molecule has 1 unspecified atom stereocenters. The van der Waals surface area contributed by atoms with Crippen LogP contribution in [0.1, 0.15) is 24.6 Å². The SMILES string of the molecule is O=C1NCCN1CCN1CCC(C(F)c2ccccc2F)CC1. The van der Waals surface area contributed by atoms with Gasteiger partial charge in [-0.15, -0.1) is 0 Å². The highest BCUT2D eigenvalue weighted by atomic mass is 19.1. The van der Waals surface area contributed by atoms with E-state index in [-0.39, 0.29) is 17.5 Å². The average Bonchev–Trinajstić information content (AvgIpc) is 2.98. The molecule has 2 aliphatic heterocycles. The van der Waals surface area contributed by atoms with Crippen LogP contribution < -0.4 is 5.32 Å². The molecule has 2 fully saturated rings. The van der Waals surface area contributed by atoms with Gasteiger partial charge in [0, 0.05) is 31.7 Å². The van der Waals surface area contributed by atoms with Gasteiger partial charge in [-0.05, 0) is 37.9 Å². The first-order valence-electron chi connectivity index (χ1n) is 8.29. The van der Waals surface area contributed by atoms with Crippen LogP contribution in [-0.4, -0.2) is 55.1 Å². The molecule has 0 aliphatic carbocycles. The number of likely N-dealkylation sites (tertiary alicyclic amines) is 1. The highest BCUT2D eigenvalue weighted by Crippen LogP contribution is 2.34. The van der Waals surface area contributed by atoms with E-state index in [0.717, 1.165) is 39.0 Å². The van der Waals surface area contributed by atoms with Gasteiger partial charge < -0.3 is 15.1 Å². The van der Waals surface area contributed by atoms with Crippen LogP contribution in [0.25, 0.3) is 0 Å². The number of piperidine rings is 1. The van der Waals surface area contributed by atoms with E-state index in [1.807, 2.05) is 4.90 Å².